The molecule has 0 aromatic heterocycles. The highest BCUT2D eigenvalue weighted by Gasteiger charge is 2.40. The second-order valence-corrected chi connectivity index (χ2v) is 7.79. The number of rotatable bonds is 3. The van der Waals surface area contributed by atoms with Crippen molar-refractivity contribution in [1.29, 1.82) is 5.26 Å². The van der Waals surface area contributed by atoms with Crippen LogP contribution in [0.15, 0.2) is 89.3 Å². The fraction of sp³-hybridized carbons (Fsp3) is 0.200. The Bertz CT molecular complexity index is 1090. The summed E-state index contributed by atoms with van der Waals surface area (Å²) in [6.45, 7) is 10.8. The number of nitriles is 1. The van der Waals surface area contributed by atoms with E-state index in [1.165, 1.54) is 6.07 Å². The molecule has 2 aromatic rings. The monoisotopic (exact) mass is 398 g/mol. The minimum atomic E-state index is -0.275. The van der Waals surface area contributed by atoms with Crippen LogP contribution in [-0.4, -0.2) is 35.8 Å². The van der Waals surface area contributed by atoms with Crippen molar-refractivity contribution in [2.75, 3.05) is 13.6 Å². The van der Waals surface area contributed by atoms with Crippen LogP contribution < -0.4 is 0 Å². The van der Waals surface area contributed by atoms with Gasteiger partial charge in [0.2, 0.25) is 0 Å². The normalized spacial score (nSPS) is 19.6. The van der Waals surface area contributed by atoms with E-state index in [1.54, 1.807) is 18.3 Å². The Balaban J connectivity index is 1.91. The maximum absolute atomic E-state index is 14.2. The van der Waals surface area contributed by atoms with Gasteiger partial charge in [-0.2, -0.15) is 10.4 Å². The molecule has 0 N–H and O–H groups in total. The van der Waals surface area contributed by atoms with Crippen LogP contribution in [0.1, 0.15) is 22.6 Å². The molecular weight excluding hydrogens is 375 g/mol. The number of piperazine rings is 1. The first-order valence-electron chi connectivity index (χ1n) is 9.80. The standard InChI is InChI=1S/C25H23FN4/c1-16-7-5-8-19(11-16)24(20-9-6-10-21(26)12-20)23-15-29(4)18(3)25-22(13-27)17(2)14-28-30(23)25/h5-12,14,23-24H,2-3,15H2,1,4H3. The quantitative estimate of drug-likeness (QED) is 0.751. The van der Waals surface area contributed by atoms with E-state index >= 15 is 0 Å². The Morgan fingerprint density at radius 3 is 2.53 bits per heavy atom. The summed E-state index contributed by atoms with van der Waals surface area (Å²) in [6, 6.07) is 17.1. The molecule has 0 saturated carbocycles. The second-order valence-electron chi connectivity index (χ2n) is 7.79. The molecular formula is C25H23FN4. The van der Waals surface area contributed by atoms with Crippen LogP contribution in [0, 0.1) is 24.1 Å². The predicted molar refractivity (Wildman–Crippen MR) is 117 cm³/mol. The van der Waals surface area contributed by atoms with Crippen molar-refractivity contribution >= 4 is 6.21 Å². The molecule has 0 amide bonds. The molecule has 2 unspecified atom stereocenters. The predicted octanol–water partition coefficient (Wildman–Crippen LogP) is 4.73. The number of aryl methyl sites for hydroxylation is 1. The second kappa shape index (κ2) is 7.64. The van der Waals surface area contributed by atoms with Gasteiger partial charge < -0.3 is 4.90 Å². The first kappa shape index (κ1) is 19.7. The van der Waals surface area contributed by atoms with E-state index in [4.69, 9.17) is 0 Å². The summed E-state index contributed by atoms with van der Waals surface area (Å²) in [4.78, 5) is 2.03. The number of benzene rings is 2. The van der Waals surface area contributed by atoms with Crippen molar-refractivity contribution in [3.05, 3.63) is 107 Å². The summed E-state index contributed by atoms with van der Waals surface area (Å²) in [5, 5.41) is 16.3. The van der Waals surface area contributed by atoms with Crippen LogP contribution in [0.3, 0.4) is 0 Å². The fourth-order valence-corrected chi connectivity index (χ4v) is 4.27. The topological polar surface area (TPSA) is 42.6 Å². The van der Waals surface area contributed by atoms with Gasteiger partial charge in [-0.25, -0.2) is 4.39 Å². The SMILES string of the molecule is C=C1C=NN2C(=C1C#N)C(=C)N(C)CC2C(c1cccc(C)c1)c1cccc(F)c1. The molecule has 5 heteroatoms. The Morgan fingerprint density at radius 2 is 1.87 bits per heavy atom. The number of halogens is 1. The number of fused-ring (bicyclic) bond motifs is 1. The molecule has 1 saturated heterocycles. The number of hydrogen-bond donors (Lipinski definition) is 0. The zero-order valence-electron chi connectivity index (χ0n) is 17.1. The molecule has 2 aromatic carbocycles. The molecule has 0 spiro atoms. The Labute approximate surface area is 176 Å². The lowest BCUT2D eigenvalue weighted by atomic mass is 9.82. The summed E-state index contributed by atoms with van der Waals surface area (Å²) in [5.74, 6) is -0.433. The zero-order chi connectivity index (χ0) is 21.4. The van der Waals surface area contributed by atoms with Gasteiger partial charge in [0.15, 0.2) is 0 Å². The molecule has 4 rings (SSSR count). The fourth-order valence-electron chi connectivity index (χ4n) is 4.27. The van der Waals surface area contributed by atoms with Crippen LogP contribution >= 0.6 is 0 Å². The molecule has 2 heterocycles. The lowest BCUT2D eigenvalue weighted by Crippen LogP contribution is -2.51. The average molecular weight is 398 g/mol. The van der Waals surface area contributed by atoms with Gasteiger partial charge in [0.1, 0.15) is 17.6 Å². The zero-order valence-corrected chi connectivity index (χ0v) is 17.1. The van der Waals surface area contributed by atoms with E-state index in [-0.39, 0.29) is 17.8 Å². The average Bonchev–Trinajstić information content (AvgIpc) is 2.72. The number of likely N-dealkylation sites (N-methyl/N-ethyl adjacent to an activating group) is 1. The number of hydrazone groups is 1. The Morgan fingerprint density at radius 1 is 1.17 bits per heavy atom. The molecule has 0 aliphatic carbocycles. The molecule has 0 bridgehead atoms. The molecule has 150 valence electrons. The first-order chi connectivity index (χ1) is 14.4. The van der Waals surface area contributed by atoms with Crippen LogP contribution in [0.5, 0.6) is 0 Å². The van der Waals surface area contributed by atoms with Crippen LogP contribution in [0.2, 0.25) is 0 Å². The van der Waals surface area contributed by atoms with E-state index in [2.05, 4.69) is 36.5 Å². The van der Waals surface area contributed by atoms with Gasteiger partial charge in [-0.3, -0.25) is 5.01 Å². The van der Waals surface area contributed by atoms with Gasteiger partial charge in [0.05, 0.1) is 23.5 Å². The highest BCUT2D eigenvalue weighted by Crippen LogP contribution is 2.41. The molecule has 4 nitrogen and oxygen atoms in total. The van der Waals surface area contributed by atoms with Crippen molar-refractivity contribution in [3.8, 4) is 6.07 Å². The van der Waals surface area contributed by atoms with Crippen molar-refractivity contribution in [1.82, 2.24) is 9.91 Å². The lowest BCUT2D eigenvalue weighted by Gasteiger charge is -2.47. The van der Waals surface area contributed by atoms with Gasteiger partial charge in [-0.05, 0) is 30.2 Å². The van der Waals surface area contributed by atoms with E-state index in [9.17, 15) is 9.65 Å². The minimum absolute atomic E-state index is 0.158. The van der Waals surface area contributed by atoms with E-state index in [1.807, 2.05) is 42.1 Å². The molecule has 2 aliphatic rings. The maximum Gasteiger partial charge on any atom is 0.123 e. The third-order valence-electron chi connectivity index (χ3n) is 5.74. The minimum Gasteiger partial charge on any atom is -0.371 e. The van der Waals surface area contributed by atoms with Crippen LogP contribution in [0.25, 0.3) is 0 Å². The molecule has 0 radical (unpaired) electrons. The van der Waals surface area contributed by atoms with Crippen molar-refractivity contribution < 1.29 is 4.39 Å². The third kappa shape index (κ3) is 3.31. The van der Waals surface area contributed by atoms with Crippen LogP contribution in [-0.2, 0) is 0 Å². The Hall–Kier alpha value is -3.65. The van der Waals surface area contributed by atoms with Gasteiger partial charge in [-0.1, -0.05) is 55.1 Å². The Kier molecular flexibility index (Phi) is 5.01. The summed E-state index contributed by atoms with van der Waals surface area (Å²) in [6.07, 6.45) is 1.62. The molecule has 1 fully saturated rings. The van der Waals surface area contributed by atoms with Crippen LogP contribution in [0.4, 0.5) is 4.39 Å². The summed E-state index contributed by atoms with van der Waals surface area (Å²) in [5.41, 5.74) is 5.49. The number of allylic oxidation sites excluding steroid dienone is 2. The van der Waals surface area contributed by atoms with Crippen molar-refractivity contribution in [3.63, 3.8) is 0 Å². The summed E-state index contributed by atoms with van der Waals surface area (Å²) in [7, 11) is 1.95. The summed E-state index contributed by atoms with van der Waals surface area (Å²) >= 11 is 0. The third-order valence-corrected chi connectivity index (χ3v) is 5.74. The number of hydrogen-bond acceptors (Lipinski definition) is 4. The highest BCUT2D eigenvalue weighted by molar-refractivity contribution is 5.88. The van der Waals surface area contributed by atoms with Crippen molar-refractivity contribution in [2.45, 2.75) is 18.9 Å². The van der Waals surface area contributed by atoms with Gasteiger partial charge in [-0.15, -0.1) is 0 Å². The van der Waals surface area contributed by atoms with E-state index in [0.29, 0.717) is 23.4 Å². The van der Waals surface area contributed by atoms with E-state index in [0.717, 1.165) is 22.4 Å². The van der Waals surface area contributed by atoms with Gasteiger partial charge >= 0.3 is 0 Å². The summed E-state index contributed by atoms with van der Waals surface area (Å²) < 4.78 is 14.2. The lowest BCUT2D eigenvalue weighted by molar-refractivity contribution is 0.155. The largest absolute Gasteiger partial charge is 0.371 e. The van der Waals surface area contributed by atoms with Gasteiger partial charge in [0.25, 0.3) is 0 Å². The number of nitrogens with zero attached hydrogens (tertiary/aromatic N) is 4. The molecule has 2 aliphatic heterocycles. The van der Waals surface area contributed by atoms with E-state index < -0.39 is 0 Å². The molecule has 2 atom stereocenters. The molecule has 30 heavy (non-hydrogen) atoms. The van der Waals surface area contributed by atoms with Gasteiger partial charge in [0, 0.05) is 25.1 Å². The smallest absolute Gasteiger partial charge is 0.123 e. The highest BCUT2D eigenvalue weighted by atomic mass is 19.1. The first-order valence-corrected chi connectivity index (χ1v) is 9.80. The van der Waals surface area contributed by atoms with Crippen molar-refractivity contribution in [2.24, 2.45) is 5.10 Å². The maximum atomic E-state index is 14.2.